The molecule has 0 unspecified atom stereocenters. The van der Waals surface area contributed by atoms with Gasteiger partial charge in [-0.15, -0.1) is 0 Å². The highest BCUT2D eigenvalue weighted by Gasteiger charge is 2.34. The molecule has 1 aliphatic carbocycles. The van der Waals surface area contributed by atoms with Gasteiger partial charge < -0.3 is 0 Å². The van der Waals surface area contributed by atoms with Crippen molar-refractivity contribution in [2.75, 3.05) is 0 Å². The number of alkyl halides is 2. The van der Waals surface area contributed by atoms with Crippen molar-refractivity contribution in [1.82, 2.24) is 0 Å². The van der Waals surface area contributed by atoms with E-state index in [2.05, 4.69) is 10.0 Å². The van der Waals surface area contributed by atoms with E-state index in [4.69, 9.17) is 33.0 Å². The topological polar surface area (TPSA) is 48.8 Å². The monoisotopic (exact) mass is 275 g/mol. The highest BCUT2D eigenvalue weighted by Crippen LogP contribution is 2.34. The Morgan fingerprint density at radius 3 is 1.59 bits per heavy atom. The van der Waals surface area contributed by atoms with Crippen molar-refractivity contribution in [3.05, 3.63) is 10.4 Å². The minimum Gasteiger partial charge on any atom is -0.207 e. The van der Waals surface area contributed by atoms with Crippen molar-refractivity contribution in [3.8, 4) is 0 Å². The van der Waals surface area contributed by atoms with Gasteiger partial charge >= 0.3 is 0 Å². The van der Waals surface area contributed by atoms with Crippen LogP contribution in [0, 0.1) is 0 Å². The van der Waals surface area contributed by atoms with E-state index < -0.39 is 5.92 Å². The Kier molecular flexibility index (Phi) is 18.3. The van der Waals surface area contributed by atoms with Crippen molar-refractivity contribution in [2.24, 2.45) is 5.11 Å². The van der Waals surface area contributed by atoms with Gasteiger partial charge in [0.15, 0.2) is 0 Å². The average molecular weight is 275 g/mol. The zero-order chi connectivity index (χ0) is 14.3. The van der Waals surface area contributed by atoms with E-state index in [1.807, 2.05) is 0 Å². The molecule has 0 aliphatic heterocycles. The predicted octanol–water partition coefficient (Wildman–Crippen LogP) is 5.40. The summed E-state index contributed by atoms with van der Waals surface area (Å²) >= 11 is 0. The van der Waals surface area contributed by atoms with E-state index in [9.17, 15) is 8.78 Å². The van der Waals surface area contributed by atoms with Crippen LogP contribution in [0.1, 0.15) is 25.7 Å². The molecule has 0 saturated heterocycles. The Morgan fingerprint density at radius 1 is 0.941 bits per heavy atom. The van der Waals surface area contributed by atoms with E-state index in [0.29, 0.717) is 12.8 Å². The largest absolute Gasteiger partial charge is 0.248 e. The van der Waals surface area contributed by atoms with Crippen molar-refractivity contribution in [2.45, 2.75) is 37.6 Å². The zero-order valence-corrected chi connectivity index (χ0v) is 8.27. The van der Waals surface area contributed by atoms with Gasteiger partial charge in [-0.2, -0.15) is 0 Å². The molecule has 0 heterocycles. The third-order valence-electron chi connectivity index (χ3n) is 1.90. The number of rotatable bonds is 1. The second-order valence-electron chi connectivity index (χ2n) is 2.79. The minimum absolute atomic E-state index is 0.142. The number of hydrogen-bond acceptors (Lipinski definition) is 1. The molecule has 104 valence electrons. The molecule has 0 spiro atoms. The lowest BCUT2D eigenvalue weighted by molar-refractivity contribution is -0.0374. The molecule has 0 radical (unpaired) electrons. The molecule has 0 N–H and O–H groups in total. The van der Waals surface area contributed by atoms with E-state index in [1.54, 1.807) is 0 Å². The first-order chi connectivity index (χ1) is 8.14. The maximum absolute atomic E-state index is 12.5. The van der Waals surface area contributed by atoms with Gasteiger partial charge in [0, 0.05) is 51.2 Å². The van der Waals surface area contributed by atoms with Crippen LogP contribution in [0.25, 0.3) is 10.4 Å². The van der Waals surface area contributed by atoms with Crippen LogP contribution in [0.3, 0.4) is 0 Å². The summed E-state index contributed by atoms with van der Waals surface area (Å²) in [6, 6.07) is -0.209. The molecule has 17 heavy (non-hydrogen) atoms. The van der Waals surface area contributed by atoms with Crippen LogP contribution in [0.15, 0.2) is 5.11 Å². The molecule has 11 heteroatoms. The molecule has 0 amide bonds. The molecule has 1 aliphatic rings. The van der Waals surface area contributed by atoms with Crippen LogP contribution >= 0.6 is 0 Å². The third kappa shape index (κ3) is 12.7. The zero-order valence-electron chi connectivity index (χ0n) is 8.27. The first kappa shape index (κ1) is 21.1. The second-order valence-corrected chi connectivity index (χ2v) is 2.79. The highest BCUT2D eigenvalue weighted by atomic mass is 20.0. The van der Waals surface area contributed by atoms with Gasteiger partial charge in [0.05, 0.1) is 0 Å². The summed E-state index contributed by atoms with van der Waals surface area (Å²) in [7, 11) is 0. The summed E-state index contributed by atoms with van der Waals surface area (Å²) < 4.78 is 73.0. The van der Waals surface area contributed by atoms with Gasteiger partial charge in [0.1, 0.15) is 0 Å². The van der Waals surface area contributed by atoms with Crippen molar-refractivity contribution in [1.29, 1.82) is 0 Å². The van der Waals surface area contributed by atoms with Crippen molar-refractivity contribution >= 4 is 0 Å². The van der Waals surface area contributed by atoms with Gasteiger partial charge in [0.25, 0.3) is 0 Å². The molecule has 0 bridgehead atoms. The lowest BCUT2D eigenvalue weighted by atomic mass is 9.93. The van der Waals surface area contributed by atoms with Crippen LogP contribution in [-0.4, -0.2) is 12.0 Å². The number of azide groups is 1. The standard InChI is InChI=1S/C6H9F2N3.3F2/c7-6(8)3-1-5(2-4-6)10-11-9;3*1-2/h5H,1-4H2;;;. The molecule has 1 rings (SSSR count). The van der Waals surface area contributed by atoms with Crippen molar-refractivity contribution < 1.29 is 36.2 Å². The summed E-state index contributed by atoms with van der Waals surface area (Å²) in [5.74, 6) is -2.53. The first-order valence-corrected chi connectivity index (χ1v) is 3.99. The Morgan fingerprint density at radius 2 is 1.29 bits per heavy atom. The number of hydrogen-bond donors (Lipinski definition) is 0. The van der Waals surface area contributed by atoms with Crippen LogP contribution in [0.4, 0.5) is 36.2 Å². The first-order valence-electron chi connectivity index (χ1n) is 3.99. The van der Waals surface area contributed by atoms with Crippen LogP contribution < -0.4 is 0 Å². The predicted molar refractivity (Wildman–Crippen MR) is 43.0 cm³/mol. The Hall–Kier alpha value is -1.25. The Balaban J connectivity index is -0.000000285. The van der Waals surface area contributed by atoms with Crippen LogP contribution in [0.5, 0.6) is 0 Å². The molecule has 0 aromatic carbocycles. The van der Waals surface area contributed by atoms with Crippen LogP contribution in [0.2, 0.25) is 0 Å². The van der Waals surface area contributed by atoms with E-state index in [0.717, 1.165) is 0 Å². The summed E-state index contributed by atoms with van der Waals surface area (Å²) in [5, 5.41) is 3.40. The molecule has 0 aromatic rings. The van der Waals surface area contributed by atoms with Gasteiger partial charge in [-0.05, 0) is 18.4 Å². The number of nitrogens with zero attached hydrogens (tertiary/aromatic N) is 3. The Bertz CT molecular complexity index is 186. The summed E-state index contributed by atoms with van der Waals surface area (Å²) in [4.78, 5) is 2.59. The summed E-state index contributed by atoms with van der Waals surface area (Å²) in [6.07, 6.45) is 0.349. The fraction of sp³-hybridized carbons (Fsp3) is 1.00. The Labute approximate surface area is 90.6 Å². The van der Waals surface area contributed by atoms with E-state index >= 15 is 0 Å². The number of halogens is 8. The lowest BCUT2D eigenvalue weighted by Gasteiger charge is -2.24. The lowest BCUT2D eigenvalue weighted by Crippen LogP contribution is -2.26. The molecular weight excluding hydrogens is 266 g/mol. The molecule has 1 saturated carbocycles. The molecule has 0 atom stereocenters. The molecule has 1 fully saturated rings. The second kappa shape index (κ2) is 14.8. The molecule has 0 aromatic heterocycles. The fourth-order valence-electron chi connectivity index (χ4n) is 1.21. The SMILES string of the molecule is FF.FF.FF.[N-]=[N+]=NC1CCC(F)(F)CC1. The van der Waals surface area contributed by atoms with E-state index in [1.165, 1.54) is 0 Å². The van der Waals surface area contributed by atoms with Crippen LogP contribution in [-0.2, 0) is 0 Å². The van der Waals surface area contributed by atoms with Gasteiger partial charge in [-0.25, -0.2) is 8.78 Å². The highest BCUT2D eigenvalue weighted by molar-refractivity contribution is 4.81. The summed E-state index contributed by atoms with van der Waals surface area (Å²) in [5.41, 5.74) is 8.02. The average Bonchev–Trinajstić information content (AvgIpc) is 2.39. The molecule has 3 nitrogen and oxygen atoms in total. The maximum atomic E-state index is 12.5. The summed E-state index contributed by atoms with van der Waals surface area (Å²) in [6.45, 7) is 0. The normalized spacial score (nSPS) is 16.7. The minimum atomic E-state index is -2.53. The quantitative estimate of drug-likeness (QED) is 0.266. The van der Waals surface area contributed by atoms with Crippen molar-refractivity contribution in [3.63, 3.8) is 0 Å². The van der Waals surface area contributed by atoms with Gasteiger partial charge in [-0.3, -0.25) is 0 Å². The smallest absolute Gasteiger partial charge is 0.207 e. The maximum Gasteiger partial charge on any atom is 0.248 e. The van der Waals surface area contributed by atoms with Gasteiger partial charge in [0.2, 0.25) is 5.92 Å². The third-order valence-corrected chi connectivity index (χ3v) is 1.90. The van der Waals surface area contributed by atoms with E-state index in [-0.39, 0.29) is 18.9 Å². The fourth-order valence-corrected chi connectivity index (χ4v) is 1.21. The van der Waals surface area contributed by atoms with Gasteiger partial charge in [-0.1, -0.05) is 5.11 Å². The molecular formula is C6H9F8N3.